The SMILES string of the molecule is COc1ccc(N2C[C@@H]3C(=N2)c2cc4c(cc2[C@@H](c2cc(CO)c(OC)c(OC)c2)[C@H]3C(=O)O)OCO4)cc1. The van der Waals surface area contributed by atoms with E-state index in [4.69, 9.17) is 28.8 Å². The van der Waals surface area contributed by atoms with E-state index < -0.39 is 23.7 Å². The highest BCUT2D eigenvalue weighted by atomic mass is 16.7. The highest BCUT2D eigenvalue weighted by Gasteiger charge is 2.49. The molecule has 0 bridgehead atoms. The summed E-state index contributed by atoms with van der Waals surface area (Å²) in [7, 11) is 4.62. The van der Waals surface area contributed by atoms with Crippen molar-refractivity contribution in [3.05, 3.63) is 70.8 Å². The second-order valence-electron chi connectivity index (χ2n) is 9.58. The zero-order valence-electron chi connectivity index (χ0n) is 21.7. The number of hydrazone groups is 1. The first kappa shape index (κ1) is 24.9. The first-order chi connectivity index (χ1) is 19.0. The number of rotatable bonds is 7. The fraction of sp³-hybridized carbons (Fsp3) is 0.310. The predicted octanol–water partition coefficient (Wildman–Crippen LogP) is 3.62. The van der Waals surface area contributed by atoms with Crippen molar-refractivity contribution < 1.29 is 38.7 Å². The van der Waals surface area contributed by atoms with E-state index in [9.17, 15) is 15.0 Å². The number of aliphatic carboxylic acids is 1. The number of anilines is 1. The van der Waals surface area contributed by atoms with Crippen molar-refractivity contribution in [1.82, 2.24) is 0 Å². The Kier molecular flexibility index (Phi) is 6.19. The molecule has 2 aliphatic heterocycles. The average Bonchev–Trinajstić information content (AvgIpc) is 3.61. The number of ether oxygens (including phenoxy) is 5. The van der Waals surface area contributed by atoms with Crippen LogP contribution < -0.4 is 28.7 Å². The van der Waals surface area contributed by atoms with Crippen molar-refractivity contribution in [3.63, 3.8) is 0 Å². The van der Waals surface area contributed by atoms with Gasteiger partial charge in [-0.3, -0.25) is 9.80 Å². The third-order valence-electron chi connectivity index (χ3n) is 7.66. The van der Waals surface area contributed by atoms with E-state index in [1.54, 1.807) is 19.2 Å². The van der Waals surface area contributed by atoms with Crippen molar-refractivity contribution in [2.75, 3.05) is 39.7 Å². The highest BCUT2D eigenvalue weighted by molar-refractivity contribution is 6.09. The summed E-state index contributed by atoms with van der Waals surface area (Å²) in [6.07, 6.45) is 0. The van der Waals surface area contributed by atoms with Crippen LogP contribution in [-0.2, 0) is 11.4 Å². The molecule has 6 rings (SSSR count). The van der Waals surface area contributed by atoms with Gasteiger partial charge in [0.05, 0.1) is 51.8 Å². The van der Waals surface area contributed by atoms with Crippen LogP contribution in [0.1, 0.15) is 28.2 Å². The van der Waals surface area contributed by atoms with Crippen LogP contribution in [0.3, 0.4) is 0 Å². The van der Waals surface area contributed by atoms with Crippen molar-refractivity contribution in [2.45, 2.75) is 12.5 Å². The van der Waals surface area contributed by atoms with E-state index in [2.05, 4.69) is 0 Å². The third-order valence-corrected chi connectivity index (χ3v) is 7.66. The third kappa shape index (κ3) is 3.99. The van der Waals surface area contributed by atoms with E-state index >= 15 is 0 Å². The molecule has 0 spiro atoms. The fourth-order valence-corrected chi connectivity index (χ4v) is 5.90. The van der Waals surface area contributed by atoms with E-state index in [-0.39, 0.29) is 13.4 Å². The molecule has 3 aromatic rings. The van der Waals surface area contributed by atoms with Gasteiger partial charge in [-0.05, 0) is 59.7 Å². The maximum Gasteiger partial charge on any atom is 0.308 e. The maximum atomic E-state index is 13.0. The Morgan fingerprint density at radius 1 is 1.03 bits per heavy atom. The molecule has 0 saturated heterocycles. The van der Waals surface area contributed by atoms with Gasteiger partial charge < -0.3 is 33.9 Å². The van der Waals surface area contributed by atoms with E-state index in [0.29, 0.717) is 46.4 Å². The van der Waals surface area contributed by atoms with Gasteiger partial charge in [0, 0.05) is 23.0 Å². The Labute approximate surface area is 224 Å². The number of fused-ring (bicyclic) bond motifs is 4. The molecule has 2 heterocycles. The quantitative estimate of drug-likeness (QED) is 0.470. The summed E-state index contributed by atoms with van der Waals surface area (Å²) in [6.45, 7) is 0.167. The summed E-state index contributed by atoms with van der Waals surface area (Å²) >= 11 is 0. The molecule has 0 aromatic heterocycles. The number of carboxylic acids is 1. The van der Waals surface area contributed by atoms with E-state index in [0.717, 1.165) is 22.6 Å². The molecule has 0 radical (unpaired) electrons. The Bertz CT molecular complexity index is 1440. The monoisotopic (exact) mass is 532 g/mol. The summed E-state index contributed by atoms with van der Waals surface area (Å²) in [4.78, 5) is 13.0. The van der Waals surface area contributed by atoms with Crippen molar-refractivity contribution in [2.24, 2.45) is 16.9 Å². The first-order valence-corrected chi connectivity index (χ1v) is 12.5. The topological polar surface area (TPSA) is 119 Å². The minimum absolute atomic E-state index is 0.0875. The molecule has 0 amide bonds. The minimum atomic E-state index is -0.946. The average molecular weight is 533 g/mol. The van der Waals surface area contributed by atoms with Gasteiger partial charge in [0.1, 0.15) is 5.75 Å². The summed E-state index contributed by atoms with van der Waals surface area (Å²) in [5.41, 5.74) is 4.27. The molecule has 10 nitrogen and oxygen atoms in total. The molecule has 0 unspecified atom stereocenters. The van der Waals surface area contributed by atoms with Crippen LogP contribution in [0.25, 0.3) is 0 Å². The van der Waals surface area contributed by atoms with Gasteiger partial charge in [0.25, 0.3) is 0 Å². The molecule has 39 heavy (non-hydrogen) atoms. The van der Waals surface area contributed by atoms with Gasteiger partial charge in [-0.2, -0.15) is 5.10 Å². The largest absolute Gasteiger partial charge is 0.497 e. The number of carboxylic acid groups (broad SMARTS) is 1. The molecule has 0 fully saturated rings. The first-order valence-electron chi connectivity index (χ1n) is 12.5. The molecule has 2 N–H and O–H groups in total. The Hall–Kier alpha value is -4.44. The van der Waals surface area contributed by atoms with Gasteiger partial charge in [-0.1, -0.05) is 0 Å². The van der Waals surface area contributed by atoms with Crippen molar-refractivity contribution in [3.8, 4) is 28.7 Å². The van der Waals surface area contributed by atoms with Gasteiger partial charge in [0.15, 0.2) is 23.0 Å². The Morgan fingerprint density at radius 3 is 2.41 bits per heavy atom. The zero-order chi connectivity index (χ0) is 27.3. The zero-order valence-corrected chi connectivity index (χ0v) is 21.7. The molecular weight excluding hydrogens is 504 g/mol. The van der Waals surface area contributed by atoms with Crippen molar-refractivity contribution >= 4 is 17.4 Å². The number of aliphatic hydroxyl groups is 1. The number of aliphatic hydroxyl groups excluding tert-OH is 1. The number of benzene rings is 3. The van der Waals surface area contributed by atoms with Crippen LogP contribution in [0.2, 0.25) is 0 Å². The Morgan fingerprint density at radius 2 is 1.77 bits per heavy atom. The number of hydrogen-bond donors (Lipinski definition) is 2. The highest BCUT2D eigenvalue weighted by Crippen LogP contribution is 2.51. The Balaban J connectivity index is 1.54. The molecule has 10 heteroatoms. The predicted molar refractivity (Wildman–Crippen MR) is 141 cm³/mol. The van der Waals surface area contributed by atoms with Crippen LogP contribution in [0.15, 0.2) is 53.6 Å². The summed E-state index contributed by atoms with van der Waals surface area (Å²) < 4.78 is 27.7. The number of hydrogen-bond acceptors (Lipinski definition) is 9. The van der Waals surface area contributed by atoms with Crippen molar-refractivity contribution in [1.29, 1.82) is 0 Å². The number of carbonyl (C=O) groups is 1. The van der Waals surface area contributed by atoms with Crippen LogP contribution in [-0.4, -0.2) is 56.6 Å². The number of methoxy groups -OCH3 is 3. The van der Waals surface area contributed by atoms with E-state index in [1.165, 1.54) is 14.2 Å². The standard InChI is InChI=1S/C29H28N2O8/c1-35-18-6-4-17(5-7-18)31-12-21-26(29(33)34)25(15-8-16(13-32)28(37-3)24(9-15)36-2)19-10-22-23(39-14-38-22)11-20(19)27(21)30-31/h4-11,21,25-26,32H,12-14H2,1-3H3,(H,33,34)/t21-,25+,26-/m0/s1. The van der Waals surface area contributed by atoms with E-state index in [1.807, 2.05) is 41.4 Å². The lowest BCUT2D eigenvalue weighted by molar-refractivity contribution is -0.143. The molecule has 3 atom stereocenters. The van der Waals surface area contributed by atoms with Crippen LogP contribution in [0.4, 0.5) is 5.69 Å². The maximum absolute atomic E-state index is 13.0. The summed E-state index contributed by atoms with van der Waals surface area (Å²) in [5, 5.41) is 27.5. The number of nitrogens with zero attached hydrogens (tertiary/aromatic N) is 2. The fourth-order valence-electron chi connectivity index (χ4n) is 5.90. The van der Waals surface area contributed by atoms with Gasteiger partial charge in [0.2, 0.25) is 6.79 Å². The minimum Gasteiger partial charge on any atom is -0.497 e. The van der Waals surface area contributed by atoms with Crippen LogP contribution in [0.5, 0.6) is 28.7 Å². The molecule has 3 aromatic carbocycles. The van der Waals surface area contributed by atoms with Gasteiger partial charge >= 0.3 is 5.97 Å². The lowest BCUT2D eigenvalue weighted by atomic mass is 9.65. The van der Waals surface area contributed by atoms with Gasteiger partial charge in [-0.25, -0.2) is 0 Å². The molecular formula is C29H28N2O8. The smallest absolute Gasteiger partial charge is 0.308 e. The lowest BCUT2D eigenvalue weighted by Crippen LogP contribution is -2.41. The summed E-state index contributed by atoms with van der Waals surface area (Å²) in [5.74, 6) is -0.128. The molecule has 1 aliphatic carbocycles. The molecule has 3 aliphatic rings. The molecule has 202 valence electrons. The normalized spacial score (nSPS) is 20.7. The molecule has 0 saturated carbocycles. The summed E-state index contributed by atoms with van der Waals surface area (Å²) in [6, 6.07) is 14.8. The lowest BCUT2D eigenvalue weighted by Gasteiger charge is -2.36. The second kappa shape index (κ2) is 9.70. The van der Waals surface area contributed by atoms with Crippen LogP contribution >= 0.6 is 0 Å². The van der Waals surface area contributed by atoms with Crippen LogP contribution in [0, 0.1) is 11.8 Å². The second-order valence-corrected chi connectivity index (χ2v) is 9.58. The van der Waals surface area contributed by atoms with Gasteiger partial charge in [-0.15, -0.1) is 0 Å².